The van der Waals surface area contributed by atoms with Crippen molar-refractivity contribution < 1.29 is 4.79 Å². The summed E-state index contributed by atoms with van der Waals surface area (Å²) in [4.78, 5) is 19.4. The van der Waals surface area contributed by atoms with Gasteiger partial charge in [-0.15, -0.1) is 0 Å². The van der Waals surface area contributed by atoms with Crippen LogP contribution in [0.2, 0.25) is 5.28 Å². The van der Waals surface area contributed by atoms with Gasteiger partial charge in [-0.1, -0.05) is 0 Å². The standard InChI is InChI=1S/C11H7ClIN3O/c12-11-14-6-5-9(16-11)15-10(17)7-1-3-8(13)4-2-7/h1-6H,(H,14,15,16,17). The van der Waals surface area contributed by atoms with Gasteiger partial charge in [-0.2, -0.15) is 0 Å². The fraction of sp³-hybridized carbons (Fsp3) is 0. The van der Waals surface area contributed by atoms with E-state index in [4.69, 9.17) is 11.6 Å². The Balaban J connectivity index is 2.14. The minimum Gasteiger partial charge on any atom is -0.306 e. The third kappa shape index (κ3) is 3.37. The van der Waals surface area contributed by atoms with Crippen molar-refractivity contribution in [2.75, 3.05) is 5.32 Å². The maximum atomic E-state index is 11.8. The van der Waals surface area contributed by atoms with Gasteiger partial charge in [-0.3, -0.25) is 4.79 Å². The molecule has 0 spiro atoms. The number of amides is 1. The number of hydrogen-bond donors (Lipinski definition) is 1. The van der Waals surface area contributed by atoms with E-state index < -0.39 is 0 Å². The maximum Gasteiger partial charge on any atom is 0.256 e. The van der Waals surface area contributed by atoms with Crippen molar-refractivity contribution in [1.29, 1.82) is 0 Å². The summed E-state index contributed by atoms with van der Waals surface area (Å²) in [5.41, 5.74) is 0.570. The van der Waals surface area contributed by atoms with E-state index in [1.165, 1.54) is 6.20 Å². The van der Waals surface area contributed by atoms with Crippen LogP contribution in [0.1, 0.15) is 10.4 Å². The molecular weight excluding hydrogens is 352 g/mol. The second-order valence-electron chi connectivity index (χ2n) is 3.17. The number of anilines is 1. The molecule has 86 valence electrons. The molecule has 0 saturated carbocycles. The Bertz CT molecular complexity index is 545. The van der Waals surface area contributed by atoms with E-state index in [2.05, 4.69) is 37.9 Å². The molecule has 0 saturated heterocycles. The molecule has 0 radical (unpaired) electrons. The second kappa shape index (κ2) is 5.42. The van der Waals surface area contributed by atoms with Crippen molar-refractivity contribution in [3.05, 3.63) is 50.9 Å². The monoisotopic (exact) mass is 359 g/mol. The lowest BCUT2D eigenvalue weighted by Crippen LogP contribution is -2.13. The van der Waals surface area contributed by atoms with Gasteiger partial charge in [-0.05, 0) is 64.5 Å². The van der Waals surface area contributed by atoms with E-state index in [-0.39, 0.29) is 11.2 Å². The van der Waals surface area contributed by atoms with Crippen LogP contribution in [0.25, 0.3) is 0 Å². The average Bonchev–Trinajstić information content (AvgIpc) is 2.29. The first-order valence-corrected chi connectivity index (χ1v) is 6.16. The summed E-state index contributed by atoms with van der Waals surface area (Å²) in [6.45, 7) is 0. The molecule has 6 heteroatoms. The van der Waals surface area contributed by atoms with E-state index in [0.717, 1.165) is 3.57 Å². The first-order valence-electron chi connectivity index (χ1n) is 4.70. The number of carbonyl (C=O) groups excluding carboxylic acids is 1. The molecule has 2 aromatic rings. The molecule has 2 rings (SSSR count). The smallest absolute Gasteiger partial charge is 0.256 e. The van der Waals surface area contributed by atoms with Gasteiger partial charge in [-0.25, -0.2) is 9.97 Å². The summed E-state index contributed by atoms with van der Waals surface area (Å²) < 4.78 is 1.07. The fourth-order valence-corrected chi connectivity index (χ4v) is 1.70. The van der Waals surface area contributed by atoms with Crippen LogP contribution in [-0.4, -0.2) is 15.9 Å². The van der Waals surface area contributed by atoms with Gasteiger partial charge in [0.1, 0.15) is 5.82 Å². The average molecular weight is 360 g/mol. The Morgan fingerprint density at radius 1 is 1.24 bits per heavy atom. The van der Waals surface area contributed by atoms with Gasteiger partial charge in [0.15, 0.2) is 0 Å². The van der Waals surface area contributed by atoms with Crippen molar-refractivity contribution >= 4 is 45.9 Å². The lowest BCUT2D eigenvalue weighted by atomic mass is 10.2. The van der Waals surface area contributed by atoms with E-state index in [1.54, 1.807) is 18.2 Å². The fourth-order valence-electron chi connectivity index (χ4n) is 1.19. The number of halogens is 2. The maximum absolute atomic E-state index is 11.8. The quantitative estimate of drug-likeness (QED) is 0.662. The van der Waals surface area contributed by atoms with E-state index in [0.29, 0.717) is 11.4 Å². The lowest BCUT2D eigenvalue weighted by molar-refractivity contribution is 0.102. The Hall–Kier alpha value is -1.21. The minimum atomic E-state index is -0.226. The predicted octanol–water partition coefficient (Wildman–Crippen LogP) is 2.99. The van der Waals surface area contributed by atoms with E-state index in [9.17, 15) is 4.79 Å². The van der Waals surface area contributed by atoms with E-state index in [1.807, 2.05) is 12.1 Å². The van der Waals surface area contributed by atoms with Crippen LogP contribution >= 0.6 is 34.2 Å². The topological polar surface area (TPSA) is 54.9 Å². The van der Waals surface area contributed by atoms with Crippen molar-refractivity contribution in [3.8, 4) is 0 Å². The van der Waals surface area contributed by atoms with Gasteiger partial charge in [0, 0.05) is 15.3 Å². The molecule has 0 fully saturated rings. The highest BCUT2D eigenvalue weighted by atomic mass is 127. The third-order valence-corrected chi connectivity index (χ3v) is 2.88. The van der Waals surface area contributed by atoms with Crippen molar-refractivity contribution in [1.82, 2.24) is 9.97 Å². The summed E-state index contributed by atoms with van der Waals surface area (Å²) in [6, 6.07) is 8.81. The largest absolute Gasteiger partial charge is 0.306 e. The molecule has 4 nitrogen and oxygen atoms in total. The number of carbonyl (C=O) groups is 1. The molecule has 0 unspecified atom stereocenters. The highest BCUT2D eigenvalue weighted by Gasteiger charge is 2.06. The Morgan fingerprint density at radius 3 is 2.59 bits per heavy atom. The molecule has 1 heterocycles. The molecule has 0 atom stereocenters. The minimum absolute atomic E-state index is 0.102. The molecule has 0 aliphatic heterocycles. The lowest BCUT2D eigenvalue weighted by Gasteiger charge is -2.04. The molecule has 0 aliphatic rings. The van der Waals surface area contributed by atoms with Crippen molar-refractivity contribution in [2.45, 2.75) is 0 Å². The molecule has 0 aliphatic carbocycles. The van der Waals surface area contributed by atoms with Crippen molar-refractivity contribution in [3.63, 3.8) is 0 Å². The summed E-state index contributed by atoms with van der Waals surface area (Å²) in [5, 5.41) is 2.74. The van der Waals surface area contributed by atoms with Crippen LogP contribution in [-0.2, 0) is 0 Å². The first-order chi connectivity index (χ1) is 8.15. The Labute approximate surface area is 117 Å². The highest BCUT2D eigenvalue weighted by Crippen LogP contribution is 2.10. The number of hydrogen-bond acceptors (Lipinski definition) is 3. The summed E-state index contributed by atoms with van der Waals surface area (Å²) in [5.74, 6) is 0.157. The SMILES string of the molecule is O=C(Nc1ccnc(Cl)n1)c1ccc(I)cc1. The third-order valence-electron chi connectivity index (χ3n) is 1.97. The summed E-state index contributed by atoms with van der Waals surface area (Å²) in [7, 11) is 0. The predicted molar refractivity (Wildman–Crippen MR) is 74.2 cm³/mol. The van der Waals surface area contributed by atoms with E-state index >= 15 is 0 Å². The van der Waals surface area contributed by atoms with Gasteiger partial charge < -0.3 is 5.32 Å². The van der Waals surface area contributed by atoms with Gasteiger partial charge in [0.2, 0.25) is 5.28 Å². The summed E-state index contributed by atoms with van der Waals surface area (Å²) in [6.07, 6.45) is 1.48. The molecule has 1 aromatic carbocycles. The van der Waals surface area contributed by atoms with Gasteiger partial charge in [0.25, 0.3) is 5.91 Å². The number of benzene rings is 1. The highest BCUT2D eigenvalue weighted by molar-refractivity contribution is 14.1. The van der Waals surface area contributed by atoms with Crippen LogP contribution in [0.5, 0.6) is 0 Å². The number of rotatable bonds is 2. The molecule has 1 N–H and O–H groups in total. The van der Waals surface area contributed by atoms with Crippen LogP contribution < -0.4 is 5.32 Å². The van der Waals surface area contributed by atoms with Gasteiger partial charge in [0.05, 0.1) is 0 Å². The molecule has 0 bridgehead atoms. The normalized spacial score (nSPS) is 10.0. The molecule has 17 heavy (non-hydrogen) atoms. The van der Waals surface area contributed by atoms with Crippen LogP contribution in [0, 0.1) is 3.57 Å². The number of aromatic nitrogens is 2. The second-order valence-corrected chi connectivity index (χ2v) is 4.76. The zero-order valence-corrected chi connectivity index (χ0v) is 11.4. The number of nitrogens with zero attached hydrogens (tertiary/aromatic N) is 2. The van der Waals surface area contributed by atoms with Crippen LogP contribution in [0.4, 0.5) is 5.82 Å². The van der Waals surface area contributed by atoms with Crippen molar-refractivity contribution in [2.24, 2.45) is 0 Å². The molecule has 1 aromatic heterocycles. The van der Waals surface area contributed by atoms with Crippen LogP contribution in [0.3, 0.4) is 0 Å². The van der Waals surface area contributed by atoms with Gasteiger partial charge >= 0.3 is 0 Å². The first kappa shape index (κ1) is 12.3. The molecular formula is C11H7ClIN3O. The molecule has 1 amide bonds. The Morgan fingerprint density at radius 2 is 1.94 bits per heavy atom. The summed E-state index contributed by atoms with van der Waals surface area (Å²) >= 11 is 7.80. The van der Waals surface area contributed by atoms with Crippen LogP contribution in [0.15, 0.2) is 36.5 Å². The number of nitrogens with one attached hydrogen (secondary N) is 1. The Kier molecular flexibility index (Phi) is 3.90. The zero-order valence-electron chi connectivity index (χ0n) is 8.52. The zero-order chi connectivity index (χ0) is 12.3.